The van der Waals surface area contributed by atoms with Crippen molar-refractivity contribution in [1.29, 1.82) is 0 Å². The number of aliphatic imine (C=N–C) groups is 1. The Labute approximate surface area is 180 Å². The Bertz CT molecular complexity index is 1240. The summed E-state index contributed by atoms with van der Waals surface area (Å²) < 4.78 is 2.08. The molecule has 1 amide bonds. The topological polar surface area (TPSA) is 96.2 Å². The van der Waals surface area contributed by atoms with Gasteiger partial charge in [-0.05, 0) is 48.7 Å². The second-order valence-corrected chi connectivity index (χ2v) is 7.62. The van der Waals surface area contributed by atoms with E-state index >= 15 is 0 Å². The number of aromatic nitrogens is 3. The summed E-state index contributed by atoms with van der Waals surface area (Å²) in [5.74, 6) is 0.481. The van der Waals surface area contributed by atoms with E-state index in [9.17, 15) is 4.79 Å². The number of anilines is 2. The van der Waals surface area contributed by atoms with Gasteiger partial charge in [-0.3, -0.25) is 9.79 Å². The van der Waals surface area contributed by atoms with Gasteiger partial charge in [0, 0.05) is 42.4 Å². The molecule has 2 aliphatic heterocycles. The van der Waals surface area contributed by atoms with Crippen LogP contribution in [-0.4, -0.2) is 39.9 Å². The molecule has 0 unspecified atom stereocenters. The Hall–Kier alpha value is -3.94. The number of carbonyl (C=O) groups is 1. The van der Waals surface area contributed by atoms with Gasteiger partial charge in [0.15, 0.2) is 0 Å². The predicted octanol–water partition coefficient (Wildman–Crippen LogP) is 3.02. The number of rotatable bonds is 4. The standard InChI is InChI=1S/C23H23N7O/c1-14-20(15(2)30-9-8-26-22(31)21(14)30)19-6-7-27-23(29-19)28-18-5-3-4-16(10-18)17-11-24-13-25-12-17/h3-7,10-11,13H,8-9,12H2,1-2H3,(H,24,25)(H,26,31)(H,27,28,29). The van der Waals surface area contributed by atoms with Crippen LogP contribution in [0.4, 0.5) is 11.6 Å². The van der Waals surface area contributed by atoms with Crippen molar-refractivity contribution in [2.45, 2.75) is 20.4 Å². The lowest BCUT2D eigenvalue weighted by Crippen LogP contribution is -2.35. The van der Waals surface area contributed by atoms with Crippen LogP contribution in [0.2, 0.25) is 0 Å². The summed E-state index contributed by atoms with van der Waals surface area (Å²) in [6, 6.07) is 9.98. The van der Waals surface area contributed by atoms with Crippen LogP contribution in [0.5, 0.6) is 0 Å². The second-order valence-electron chi connectivity index (χ2n) is 7.62. The highest BCUT2D eigenvalue weighted by Crippen LogP contribution is 2.32. The van der Waals surface area contributed by atoms with E-state index in [1.165, 1.54) is 0 Å². The third kappa shape index (κ3) is 3.46. The van der Waals surface area contributed by atoms with Crippen LogP contribution in [0.1, 0.15) is 27.3 Å². The van der Waals surface area contributed by atoms with E-state index in [0.29, 0.717) is 19.0 Å². The molecule has 0 saturated heterocycles. The first kappa shape index (κ1) is 19.0. The normalized spacial score (nSPS) is 15.0. The van der Waals surface area contributed by atoms with E-state index in [0.717, 1.165) is 51.6 Å². The molecule has 2 aliphatic rings. The fourth-order valence-electron chi connectivity index (χ4n) is 4.25. The summed E-state index contributed by atoms with van der Waals surface area (Å²) in [6.45, 7) is 6.08. The molecule has 3 N–H and O–H groups in total. The van der Waals surface area contributed by atoms with Gasteiger partial charge >= 0.3 is 0 Å². The van der Waals surface area contributed by atoms with Crippen LogP contribution in [-0.2, 0) is 6.54 Å². The quantitative estimate of drug-likeness (QED) is 0.611. The van der Waals surface area contributed by atoms with Crippen LogP contribution in [0.15, 0.2) is 47.7 Å². The Morgan fingerprint density at radius 2 is 2.10 bits per heavy atom. The molecule has 0 spiro atoms. The van der Waals surface area contributed by atoms with Crippen LogP contribution in [0, 0.1) is 13.8 Å². The largest absolute Gasteiger partial charge is 0.353 e. The monoisotopic (exact) mass is 413 g/mol. The number of nitrogens with one attached hydrogen (secondary N) is 3. The lowest BCUT2D eigenvalue weighted by molar-refractivity contribution is 0.0926. The Morgan fingerprint density at radius 1 is 1.19 bits per heavy atom. The molecule has 5 rings (SSSR count). The SMILES string of the molecule is Cc1c(-c2ccnc(Nc3cccc(C4=CNC=NC4)c3)n2)c(C)n2c1C(=O)NCC2. The molecule has 31 heavy (non-hydrogen) atoms. The summed E-state index contributed by atoms with van der Waals surface area (Å²) in [4.78, 5) is 25.8. The number of carbonyl (C=O) groups excluding carboxylic acids is 1. The molecule has 0 saturated carbocycles. The van der Waals surface area contributed by atoms with Gasteiger partial charge in [0.2, 0.25) is 5.95 Å². The maximum absolute atomic E-state index is 12.4. The minimum Gasteiger partial charge on any atom is -0.353 e. The van der Waals surface area contributed by atoms with Crippen LogP contribution < -0.4 is 16.0 Å². The Morgan fingerprint density at radius 3 is 2.90 bits per heavy atom. The summed E-state index contributed by atoms with van der Waals surface area (Å²) in [6.07, 6.45) is 5.39. The third-order valence-corrected chi connectivity index (χ3v) is 5.69. The van der Waals surface area contributed by atoms with Crippen LogP contribution in [0.25, 0.3) is 16.8 Å². The Balaban J connectivity index is 1.46. The van der Waals surface area contributed by atoms with Gasteiger partial charge in [0.1, 0.15) is 5.69 Å². The molecule has 0 atom stereocenters. The molecule has 0 fully saturated rings. The zero-order valence-corrected chi connectivity index (χ0v) is 17.4. The second kappa shape index (κ2) is 7.71. The van der Waals surface area contributed by atoms with Crippen molar-refractivity contribution in [1.82, 2.24) is 25.2 Å². The van der Waals surface area contributed by atoms with E-state index in [-0.39, 0.29) is 5.91 Å². The van der Waals surface area contributed by atoms with Gasteiger partial charge in [0.05, 0.1) is 18.6 Å². The molecule has 2 aromatic heterocycles. The maximum Gasteiger partial charge on any atom is 0.268 e. The molecule has 8 heteroatoms. The predicted molar refractivity (Wildman–Crippen MR) is 121 cm³/mol. The maximum atomic E-state index is 12.4. The third-order valence-electron chi connectivity index (χ3n) is 5.69. The molecular weight excluding hydrogens is 390 g/mol. The Kier molecular flexibility index (Phi) is 4.74. The van der Waals surface area contributed by atoms with Crippen molar-refractivity contribution in [3.8, 4) is 11.3 Å². The average Bonchev–Trinajstić information content (AvgIpc) is 3.06. The lowest BCUT2D eigenvalue weighted by atomic mass is 10.1. The summed E-state index contributed by atoms with van der Waals surface area (Å²) in [5, 5.41) is 9.27. The highest BCUT2D eigenvalue weighted by Gasteiger charge is 2.26. The highest BCUT2D eigenvalue weighted by atomic mass is 16.2. The average molecular weight is 413 g/mol. The van der Waals surface area contributed by atoms with Gasteiger partial charge in [0.25, 0.3) is 5.91 Å². The highest BCUT2D eigenvalue weighted by molar-refractivity contribution is 5.97. The van der Waals surface area contributed by atoms with E-state index < -0.39 is 0 Å². The molecule has 0 bridgehead atoms. The van der Waals surface area contributed by atoms with Crippen molar-refractivity contribution >= 4 is 29.5 Å². The number of fused-ring (bicyclic) bond motifs is 1. The first-order valence-electron chi connectivity index (χ1n) is 10.2. The van der Waals surface area contributed by atoms with Gasteiger partial charge in [-0.2, -0.15) is 0 Å². The van der Waals surface area contributed by atoms with E-state index in [1.807, 2.05) is 38.2 Å². The van der Waals surface area contributed by atoms with Gasteiger partial charge in [-0.1, -0.05) is 12.1 Å². The van der Waals surface area contributed by atoms with Crippen molar-refractivity contribution in [2.24, 2.45) is 4.99 Å². The first-order chi connectivity index (χ1) is 15.1. The zero-order valence-electron chi connectivity index (χ0n) is 17.4. The zero-order chi connectivity index (χ0) is 21.4. The molecule has 1 aromatic carbocycles. The van der Waals surface area contributed by atoms with E-state index in [1.54, 1.807) is 12.5 Å². The number of benzene rings is 1. The smallest absolute Gasteiger partial charge is 0.268 e. The minimum absolute atomic E-state index is 0.0295. The van der Waals surface area contributed by atoms with E-state index in [2.05, 4.69) is 42.6 Å². The van der Waals surface area contributed by atoms with Crippen LogP contribution >= 0.6 is 0 Å². The van der Waals surface area contributed by atoms with Crippen LogP contribution in [0.3, 0.4) is 0 Å². The van der Waals surface area contributed by atoms with Crippen molar-refractivity contribution < 1.29 is 4.79 Å². The molecular formula is C23H23N7O. The summed E-state index contributed by atoms with van der Waals surface area (Å²) >= 11 is 0. The van der Waals surface area contributed by atoms with E-state index in [4.69, 9.17) is 4.98 Å². The fourth-order valence-corrected chi connectivity index (χ4v) is 4.25. The number of nitrogens with zero attached hydrogens (tertiary/aromatic N) is 4. The number of hydrogen-bond acceptors (Lipinski definition) is 6. The molecule has 8 nitrogen and oxygen atoms in total. The molecule has 0 radical (unpaired) electrons. The van der Waals surface area contributed by atoms with Gasteiger partial charge in [-0.15, -0.1) is 0 Å². The summed E-state index contributed by atoms with van der Waals surface area (Å²) in [7, 11) is 0. The minimum atomic E-state index is -0.0295. The summed E-state index contributed by atoms with van der Waals surface area (Å²) in [5.41, 5.74) is 7.60. The van der Waals surface area contributed by atoms with Gasteiger partial charge in [-0.25, -0.2) is 9.97 Å². The van der Waals surface area contributed by atoms with Crippen molar-refractivity contribution in [3.05, 3.63) is 65.2 Å². The fraction of sp³-hybridized carbons (Fsp3) is 0.217. The molecule has 0 aliphatic carbocycles. The van der Waals surface area contributed by atoms with Crippen molar-refractivity contribution in [2.75, 3.05) is 18.4 Å². The first-order valence-corrected chi connectivity index (χ1v) is 10.2. The lowest BCUT2D eigenvalue weighted by Gasteiger charge is -2.17. The number of amides is 1. The van der Waals surface area contributed by atoms with Crippen molar-refractivity contribution in [3.63, 3.8) is 0 Å². The molecule has 156 valence electrons. The number of hydrogen-bond donors (Lipinski definition) is 3. The molecule has 3 aromatic rings. The molecule has 4 heterocycles. The van der Waals surface area contributed by atoms with Gasteiger partial charge < -0.3 is 20.5 Å².